The minimum Gasteiger partial charge on any atom is -0.480 e. The number of nitrogens with one attached hydrogen (secondary N) is 2. The van der Waals surface area contributed by atoms with Gasteiger partial charge >= 0.3 is 5.97 Å². The van der Waals surface area contributed by atoms with Gasteiger partial charge in [0.25, 0.3) is 0 Å². The maximum absolute atomic E-state index is 14.0. The van der Waals surface area contributed by atoms with Crippen molar-refractivity contribution >= 4 is 47.5 Å². The molecule has 0 spiro atoms. The number of nitrogens with two attached hydrogens (primary N) is 7. The van der Waals surface area contributed by atoms with Crippen molar-refractivity contribution in [1.82, 2.24) is 20.4 Å². The molecular formula is C28H52N14O6. The second-order valence-corrected chi connectivity index (χ2v) is 11.8. The molecule has 20 heteroatoms. The van der Waals surface area contributed by atoms with Crippen LogP contribution in [-0.2, 0) is 24.0 Å². The molecule has 270 valence electrons. The van der Waals surface area contributed by atoms with Crippen LogP contribution in [-0.4, -0.2) is 125 Å². The van der Waals surface area contributed by atoms with E-state index in [2.05, 4.69) is 25.6 Å². The van der Waals surface area contributed by atoms with Crippen molar-refractivity contribution in [3.63, 3.8) is 0 Å². The molecule has 0 bridgehead atoms. The van der Waals surface area contributed by atoms with Crippen LogP contribution in [0, 0.1) is 0 Å². The number of aliphatic imine (C=N–C) groups is 3. The fourth-order valence-electron chi connectivity index (χ4n) is 5.70. The van der Waals surface area contributed by atoms with E-state index in [0.717, 1.165) is 0 Å². The first-order valence-electron chi connectivity index (χ1n) is 16.1. The second-order valence-electron chi connectivity index (χ2n) is 11.8. The van der Waals surface area contributed by atoms with Crippen LogP contribution in [0.1, 0.15) is 64.2 Å². The fraction of sp³-hybridized carbons (Fsp3) is 0.714. The van der Waals surface area contributed by atoms with Gasteiger partial charge < -0.3 is 65.7 Å². The van der Waals surface area contributed by atoms with Crippen LogP contribution >= 0.6 is 0 Å². The van der Waals surface area contributed by atoms with Gasteiger partial charge in [-0.2, -0.15) is 0 Å². The van der Waals surface area contributed by atoms with Crippen molar-refractivity contribution < 1.29 is 29.1 Å². The average molecular weight is 681 g/mol. The first-order chi connectivity index (χ1) is 22.7. The highest BCUT2D eigenvalue weighted by Crippen LogP contribution is 2.26. The van der Waals surface area contributed by atoms with E-state index < -0.39 is 59.8 Å². The van der Waals surface area contributed by atoms with Crippen LogP contribution in [0.3, 0.4) is 0 Å². The van der Waals surface area contributed by atoms with Gasteiger partial charge in [0.05, 0.1) is 6.04 Å². The summed E-state index contributed by atoms with van der Waals surface area (Å²) in [6.45, 7) is 1.15. The van der Waals surface area contributed by atoms with Crippen molar-refractivity contribution in [3.05, 3.63) is 0 Å². The monoisotopic (exact) mass is 680 g/mol. The highest BCUT2D eigenvalue weighted by Gasteiger charge is 2.43. The Balaban J connectivity index is 2.24. The lowest BCUT2D eigenvalue weighted by atomic mass is 10.0. The highest BCUT2D eigenvalue weighted by molar-refractivity contribution is 5.96. The normalized spacial score (nSPS) is 19.0. The molecule has 2 fully saturated rings. The third-order valence-corrected chi connectivity index (χ3v) is 8.08. The van der Waals surface area contributed by atoms with E-state index in [-0.39, 0.29) is 69.9 Å². The summed E-state index contributed by atoms with van der Waals surface area (Å²) in [6.07, 6.45) is 3.24. The van der Waals surface area contributed by atoms with Crippen molar-refractivity contribution in [2.45, 2.75) is 94.4 Å². The zero-order valence-corrected chi connectivity index (χ0v) is 27.3. The number of hydrogen-bond acceptors (Lipinski definition) is 9. The number of carboxylic acid groups (broad SMARTS) is 1. The summed E-state index contributed by atoms with van der Waals surface area (Å²) in [5, 5.41) is 15.0. The van der Waals surface area contributed by atoms with E-state index in [0.29, 0.717) is 44.9 Å². The number of aliphatic carboxylic acids is 1. The number of guanidine groups is 3. The van der Waals surface area contributed by atoms with E-state index in [1.807, 2.05) is 0 Å². The molecule has 20 nitrogen and oxygen atoms in total. The van der Waals surface area contributed by atoms with E-state index >= 15 is 0 Å². The number of likely N-dealkylation sites (tertiary alicyclic amines) is 2. The quantitative estimate of drug-likeness (QED) is 0.0350. The molecule has 0 aromatic heterocycles. The molecule has 4 amide bonds. The summed E-state index contributed by atoms with van der Waals surface area (Å²) >= 11 is 0. The summed E-state index contributed by atoms with van der Waals surface area (Å²) in [4.78, 5) is 80.4. The molecule has 0 radical (unpaired) electrons. The second kappa shape index (κ2) is 19.7. The van der Waals surface area contributed by atoms with Gasteiger partial charge in [0.1, 0.15) is 24.2 Å². The molecule has 17 N–H and O–H groups in total. The maximum atomic E-state index is 14.0. The standard InChI is InChI=1S/C28H52N14O6/c29-16(6-1-11-36-26(30)31)21(43)39-17(7-2-12-37-27(32)33)22(44)40-18(8-3-13-38-28(34)35)23(45)41-14-4-9-19(41)24(46)42-15-5-10-20(42)25(47)48/h16-20H,1-15,29H2,(H,39,43)(H,40,44)(H,47,48)(H4,30,31,36)(H4,32,33,37)(H4,34,35,38). The van der Waals surface area contributed by atoms with Gasteiger partial charge in [0, 0.05) is 32.7 Å². The minimum absolute atomic E-state index is 0.0851. The molecule has 2 rings (SSSR count). The molecule has 2 saturated heterocycles. The predicted octanol–water partition coefficient (Wildman–Crippen LogP) is -4.49. The van der Waals surface area contributed by atoms with Crippen molar-refractivity contribution in [2.24, 2.45) is 55.1 Å². The van der Waals surface area contributed by atoms with Gasteiger partial charge in [-0.1, -0.05) is 0 Å². The molecule has 48 heavy (non-hydrogen) atoms. The molecular weight excluding hydrogens is 628 g/mol. The predicted molar refractivity (Wildman–Crippen MR) is 179 cm³/mol. The summed E-state index contributed by atoms with van der Waals surface area (Å²) in [5.74, 6) is -3.65. The summed E-state index contributed by atoms with van der Waals surface area (Å²) in [7, 11) is 0. The Kier molecular flexibility index (Phi) is 16.1. The third kappa shape index (κ3) is 12.7. The first-order valence-corrected chi connectivity index (χ1v) is 16.1. The van der Waals surface area contributed by atoms with Crippen LogP contribution in [0.4, 0.5) is 0 Å². The van der Waals surface area contributed by atoms with Gasteiger partial charge in [-0.25, -0.2) is 4.79 Å². The number of carboxylic acids is 1. The van der Waals surface area contributed by atoms with E-state index in [9.17, 15) is 29.1 Å². The fourth-order valence-corrected chi connectivity index (χ4v) is 5.70. The van der Waals surface area contributed by atoms with Crippen LogP contribution in [0.25, 0.3) is 0 Å². The first kappa shape index (κ1) is 39.3. The largest absolute Gasteiger partial charge is 0.480 e. The van der Waals surface area contributed by atoms with Gasteiger partial charge in [0.15, 0.2) is 17.9 Å². The molecule has 0 aromatic carbocycles. The van der Waals surface area contributed by atoms with Crippen LogP contribution in [0.2, 0.25) is 0 Å². The number of carbonyl (C=O) groups is 5. The summed E-state index contributed by atoms with van der Waals surface area (Å²) in [5.41, 5.74) is 38.4. The van der Waals surface area contributed by atoms with Crippen LogP contribution in [0.5, 0.6) is 0 Å². The van der Waals surface area contributed by atoms with E-state index in [4.69, 9.17) is 40.1 Å². The lowest BCUT2D eigenvalue weighted by Gasteiger charge is -2.32. The molecule has 0 aliphatic carbocycles. The van der Waals surface area contributed by atoms with Gasteiger partial charge in [-0.05, 0) is 64.2 Å². The van der Waals surface area contributed by atoms with Crippen molar-refractivity contribution in [3.8, 4) is 0 Å². The third-order valence-electron chi connectivity index (χ3n) is 8.08. The lowest BCUT2D eigenvalue weighted by molar-refractivity contribution is -0.152. The minimum atomic E-state index is -1.11. The Labute approximate surface area is 279 Å². The van der Waals surface area contributed by atoms with Crippen molar-refractivity contribution in [1.29, 1.82) is 0 Å². The molecule has 2 heterocycles. The maximum Gasteiger partial charge on any atom is 0.326 e. The Hall–Kier alpha value is -4.88. The summed E-state index contributed by atoms with van der Waals surface area (Å²) in [6, 6.07) is -5.02. The molecule has 2 aliphatic heterocycles. The summed E-state index contributed by atoms with van der Waals surface area (Å²) < 4.78 is 0. The molecule has 0 aromatic rings. The Morgan fingerprint density at radius 2 is 1.12 bits per heavy atom. The molecule has 0 saturated carbocycles. The zero-order chi connectivity index (χ0) is 35.8. The van der Waals surface area contributed by atoms with Crippen LogP contribution in [0.15, 0.2) is 15.0 Å². The number of nitrogens with zero attached hydrogens (tertiary/aromatic N) is 5. The number of rotatable bonds is 19. The van der Waals surface area contributed by atoms with E-state index in [1.165, 1.54) is 9.80 Å². The van der Waals surface area contributed by atoms with Gasteiger partial charge in [0.2, 0.25) is 23.6 Å². The Morgan fingerprint density at radius 1 is 0.667 bits per heavy atom. The lowest BCUT2D eigenvalue weighted by Crippen LogP contribution is -2.58. The number of amides is 4. The molecule has 2 aliphatic rings. The molecule has 5 atom stereocenters. The molecule has 5 unspecified atom stereocenters. The topological polar surface area (TPSA) is 355 Å². The Bertz CT molecular complexity index is 1210. The SMILES string of the molecule is NC(N)=NCCCC(N)C(=O)NC(CCCN=C(N)N)C(=O)NC(CCCN=C(N)N)C(=O)N1CCCC1C(=O)N1CCCC1C(=O)O. The number of hydrogen-bond donors (Lipinski definition) is 10. The smallest absolute Gasteiger partial charge is 0.326 e. The van der Waals surface area contributed by atoms with Gasteiger partial charge in [-0.3, -0.25) is 34.2 Å². The highest BCUT2D eigenvalue weighted by atomic mass is 16.4. The average Bonchev–Trinajstić information content (AvgIpc) is 3.72. The van der Waals surface area contributed by atoms with Gasteiger partial charge in [-0.15, -0.1) is 0 Å². The van der Waals surface area contributed by atoms with Crippen LogP contribution < -0.4 is 50.8 Å². The van der Waals surface area contributed by atoms with E-state index in [1.54, 1.807) is 0 Å². The van der Waals surface area contributed by atoms with Crippen molar-refractivity contribution in [2.75, 3.05) is 32.7 Å². The Morgan fingerprint density at radius 3 is 1.65 bits per heavy atom. The zero-order valence-electron chi connectivity index (χ0n) is 27.3. The number of carbonyl (C=O) groups excluding carboxylic acids is 4.